The Morgan fingerprint density at radius 3 is 2.85 bits per heavy atom. The van der Waals surface area contributed by atoms with Crippen LogP contribution in [0, 0.1) is 17.6 Å². The number of amides is 1. The molecule has 27 heavy (non-hydrogen) atoms. The molecule has 3 rings (SSSR count). The predicted octanol–water partition coefficient (Wildman–Crippen LogP) is 4.69. The number of esters is 1. The number of thiocyanates is 1. The fourth-order valence-corrected chi connectivity index (χ4v) is 4.67. The zero-order valence-corrected chi connectivity index (χ0v) is 16.7. The Hall–Kier alpha value is -2.30. The molecule has 0 spiro atoms. The van der Waals surface area contributed by atoms with Crippen LogP contribution < -0.4 is 5.32 Å². The number of ether oxygens (including phenoxy) is 1. The second kappa shape index (κ2) is 9.07. The number of carbonyl (C=O) groups excluding carboxylic acids is 2. The van der Waals surface area contributed by atoms with Gasteiger partial charge < -0.3 is 10.1 Å². The van der Waals surface area contributed by atoms with Crippen LogP contribution in [0.25, 0.3) is 0 Å². The van der Waals surface area contributed by atoms with Gasteiger partial charge in [-0.2, -0.15) is 5.26 Å². The van der Waals surface area contributed by atoms with Crippen LogP contribution in [-0.2, 0) is 22.4 Å². The van der Waals surface area contributed by atoms with Crippen molar-refractivity contribution in [3.63, 3.8) is 0 Å². The lowest BCUT2D eigenvalue weighted by molar-refractivity contribution is -0.119. The van der Waals surface area contributed by atoms with E-state index >= 15 is 0 Å². The molecule has 0 bridgehead atoms. The van der Waals surface area contributed by atoms with Gasteiger partial charge in [0.25, 0.3) is 5.91 Å². The molecule has 0 radical (unpaired) electrons. The van der Waals surface area contributed by atoms with Gasteiger partial charge in [0.15, 0.2) is 6.61 Å². The molecule has 0 saturated heterocycles. The Labute approximate surface area is 166 Å². The van der Waals surface area contributed by atoms with Crippen molar-refractivity contribution in [1.29, 1.82) is 5.26 Å². The Balaban J connectivity index is 1.55. The Bertz CT molecular complexity index is 876. The maximum absolute atomic E-state index is 12.3. The van der Waals surface area contributed by atoms with E-state index in [-0.39, 0.29) is 12.5 Å². The van der Waals surface area contributed by atoms with E-state index in [1.165, 1.54) is 28.2 Å². The Morgan fingerprint density at radius 2 is 2.07 bits per heavy atom. The third kappa shape index (κ3) is 5.12. The molecule has 0 saturated carbocycles. The zero-order chi connectivity index (χ0) is 19.2. The highest BCUT2D eigenvalue weighted by atomic mass is 32.2. The van der Waals surface area contributed by atoms with Crippen molar-refractivity contribution in [3.05, 3.63) is 45.1 Å². The average Bonchev–Trinajstić information content (AvgIpc) is 2.93. The van der Waals surface area contributed by atoms with Gasteiger partial charge in [0.05, 0.1) is 0 Å². The molecule has 1 aromatic carbocycles. The summed E-state index contributed by atoms with van der Waals surface area (Å²) in [5.41, 5.74) is 2.73. The van der Waals surface area contributed by atoms with Crippen molar-refractivity contribution in [2.24, 2.45) is 0 Å². The van der Waals surface area contributed by atoms with Gasteiger partial charge >= 0.3 is 5.97 Å². The van der Waals surface area contributed by atoms with Gasteiger partial charge in [0.1, 0.15) is 10.3 Å². The number of thioether (sulfide) groups is 1. The summed E-state index contributed by atoms with van der Waals surface area (Å²) in [6, 6.07) is 7.25. The maximum Gasteiger partial charge on any atom is 0.348 e. The third-order valence-electron chi connectivity index (χ3n) is 4.42. The summed E-state index contributed by atoms with van der Waals surface area (Å²) in [6.45, 7) is 1.53. The van der Waals surface area contributed by atoms with Crippen LogP contribution in [0.1, 0.15) is 44.9 Å². The lowest BCUT2D eigenvalue weighted by Crippen LogP contribution is -2.21. The normalized spacial score (nSPS) is 13.2. The number of aryl methyl sites for hydroxylation is 3. The van der Waals surface area contributed by atoms with E-state index in [4.69, 9.17) is 10.00 Å². The van der Waals surface area contributed by atoms with Crippen LogP contribution in [0.5, 0.6) is 0 Å². The van der Waals surface area contributed by atoms with Gasteiger partial charge in [-0.1, -0.05) is 6.42 Å². The van der Waals surface area contributed by atoms with E-state index < -0.39 is 5.97 Å². The fourth-order valence-electron chi connectivity index (χ4n) is 3.05. The highest BCUT2D eigenvalue weighted by Crippen LogP contribution is 2.29. The number of nitriles is 1. The molecule has 5 nitrogen and oxygen atoms in total. The minimum absolute atomic E-state index is 0.324. The molecule has 1 aliphatic carbocycles. The van der Waals surface area contributed by atoms with Crippen LogP contribution in [0.15, 0.2) is 29.2 Å². The van der Waals surface area contributed by atoms with E-state index in [2.05, 4.69) is 5.32 Å². The molecule has 140 valence electrons. The summed E-state index contributed by atoms with van der Waals surface area (Å²) in [7, 11) is 0. The number of hydrogen-bond donors (Lipinski definition) is 1. The SMILES string of the molecule is Cc1cc(SC#N)ccc1NC(=O)COC(=O)c1cc2c(s1)CCCCC2. The monoisotopic (exact) mass is 400 g/mol. The van der Waals surface area contributed by atoms with E-state index in [0.29, 0.717) is 10.6 Å². The lowest BCUT2D eigenvalue weighted by atomic mass is 10.1. The second-order valence-corrected chi connectivity index (χ2v) is 8.41. The van der Waals surface area contributed by atoms with Crippen LogP contribution in [0.3, 0.4) is 0 Å². The number of hydrogen-bond acceptors (Lipinski definition) is 6. The smallest absolute Gasteiger partial charge is 0.348 e. The molecule has 7 heteroatoms. The number of anilines is 1. The number of fused-ring (bicyclic) bond motifs is 1. The van der Waals surface area contributed by atoms with Gasteiger partial charge in [-0.3, -0.25) is 4.79 Å². The first-order valence-corrected chi connectivity index (χ1v) is 10.5. The first kappa shape index (κ1) is 19.5. The minimum Gasteiger partial charge on any atom is -0.451 e. The molecule has 0 unspecified atom stereocenters. The van der Waals surface area contributed by atoms with Gasteiger partial charge in [0.2, 0.25) is 0 Å². The van der Waals surface area contributed by atoms with Crippen molar-refractivity contribution in [2.75, 3.05) is 11.9 Å². The molecule has 2 aromatic rings. The molecule has 1 aromatic heterocycles. The van der Waals surface area contributed by atoms with Crippen LogP contribution >= 0.6 is 23.1 Å². The summed E-state index contributed by atoms with van der Waals surface area (Å²) in [4.78, 5) is 27.0. The first-order chi connectivity index (χ1) is 13.1. The number of nitrogens with one attached hydrogen (secondary N) is 1. The summed E-state index contributed by atoms with van der Waals surface area (Å²) in [5.74, 6) is -0.828. The van der Waals surface area contributed by atoms with Crippen molar-refractivity contribution in [2.45, 2.75) is 43.9 Å². The molecule has 1 heterocycles. The minimum atomic E-state index is -0.444. The number of thiophene rings is 1. The fraction of sp³-hybridized carbons (Fsp3) is 0.350. The molecule has 1 aliphatic rings. The summed E-state index contributed by atoms with van der Waals surface area (Å²) >= 11 is 2.55. The van der Waals surface area contributed by atoms with E-state index in [1.807, 2.05) is 24.5 Å². The standard InChI is InChI=1S/C20H20N2O3S2/c1-13-9-15(26-12-21)7-8-16(13)22-19(23)11-25-20(24)18-10-14-5-3-2-4-6-17(14)27-18/h7-10H,2-6,11H2,1H3,(H,22,23). The molecule has 1 N–H and O–H groups in total. The first-order valence-electron chi connectivity index (χ1n) is 8.82. The van der Waals surface area contributed by atoms with Crippen molar-refractivity contribution in [3.8, 4) is 5.40 Å². The third-order valence-corrected chi connectivity index (χ3v) is 6.22. The molecule has 0 atom stereocenters. The Kier molecular flexibility index (Phi) is 6.54. The highest BCUT2D eigenvalue weighted by molar-refractivity contribution is 8.03. The quantitative estimate of drug-likeness (QED) is 0.341. The predicted molar refractivity (Wildman–Crippen MR) is 107 cm³/mol. The largest absolute Gasteiger partial charge is 0.451 e. The Morgan fingerprint density at radius 1 is 1.26 bits per heavy atom. The summed E-state index contributed by atoms with van der Waals surface area (Å²) in [6.07, 6.45) is 5.59. The number of rotatable bonds is 5. The van der Waals surface area contributed by atoms with E-state index in [9.17, 15) is 9.59 Å². The molecule has 0 fully saturated rings. The van der Waals surface area contributed by atoms with Crippen LogP contribution in [0.2, 0.25) is 0 Å². The molecule has 1 amide bonds. The van der Waals surface area contributed by atoms with Crippen molar-refractivity contribution < 1.29 is 14.3 Å². The highest BCUT2D eigenvalue weighted by Gasteiger charge is 2.18. The number of carbonyl (C=O) groups is 2. The lowest BCUT2D eigenvalue weighted by Gasteiger charge is -2.09. The molecular weight excluding hydrogens is 380 g/mol. The average molecular weight is 401 g/mol. The summed E-state index contributed by atoms with van der Waals surface area (Å²) < 4.78 is 5.19. The molecular formula is C20H20N2O3S2. The van der Waals surface area contributed by atoms with Gasteiger partial charge in [-0.25, -0.2) is 4.79 Å². The molecule has 0 aliphatic heterocycles. The second-order valence-electron chi connectivity index (χ2n) is 6.41. The van der Waals surface area contributed by atoms with Crippen molar-refractivity contribution in [1.82, 2.24) is 0 Å². The van der Waals surface area contributed by atoms with E-state index in [1.54, 1.807) is 12.1 Å². The van der Waals surface area contributed by atoms with E-state index in [0.717, 1.165) is 47.9 Å². The van der Waals surface area contributed by atoms with Gasteiger partial charge in [0, 0.05) is 15.5 Å². The topological polar surface area (TPSA) is 79.2 Å². The number of nitrogens with zero attached hydrogens (tertiary/aromatic N) is 1. The van der Waals surface area contributed by atoms with Crippen LogP contribution in [-0.4, -0.2) is 18.5 Å². The summed E-state index contributed by atoms with van der Waals surface area (Å²) in [5, 5.41) is 13.5. The maximum atomic E-state index is 12.3. The van der Waals surface area contributed by atoms with Gasteiger partial charge in [-0.15, -0.1) is 11.3 Å². The van der Waals surface area contributed by atoms with Crippen LogP contribution in [0.4, 0.5) is 5.69 Å². The van der Waals surface area contributed by atoms with Gasteiger partial charge in [-0.05, 0) is 79.8 Å². The number of benzene rings is 1. The zero-order valence-electron chi connectivity index (χ0n) is 15.0. The van der Waals surface area contributed by atoms with Crippen molar-refractivity contribution >= 4 is 40.7 Å².